The first-order valence-corrected chi connectivity index (χ1v) is 7.74. The number of likely N-dealkylation sites (tertiary alicyclic amines) is 1. The van der Waals surface area contributed by atoms with E-state index in [1.807, 2.05) is 4.90 Å². The van der Waals surface area contributed by atoms with E-state index in [1.54, 1.807) is 25.1 Å². The lowest BCUT2D eigenvalue weighted by atomic mass is 9.78. The Morgan fingerprint density at radius 1 is 1.20 bits per heavy atom. The predicted octanol–water partition coefficient (Wildman–Crippen LogP) is 3.93. The van der Waals surface area contributed by atoms with Crippen molar-refractivity contribution < 1.29 is 9.18 Å². The molecule has 1 heterocycles. The van der Waals surface area contributed by atoms with E-state index in [0.717, 1.165) is 19.4 Å². The van der Waals surface area contributed by atoms with Crippen LogP contribution in [0.1, 0.15) is 54.4 Å². The molecule has 0 bridgehead atoms. The second kappa shape index (κ2) is 5.55. The van der Waals surface area contributed by atoms with Crippen molar-refractivity contribution >= 4 is 5.91 Å². The van der Waals surface area contributed by atoms with E-state index in [1.165, 1.54) is 25.7 Å². The van der Waals surface area contributed by atoms with Crippen LogP contribution >= 0.6 is 0 Å². The first kappa shape index (κ1) is 13.6. The maximum Gasteiger partial charge on any atom is 0.257 e. The largest absolute Gasteiger partial charge is 0.335 e. The van der Waals surface area contributed by atoms with Gasteiger partial charge in [-0.05, 0) is 50.2 Å². The van der Waals surface area contributed by atoms with Gasteiger partial charge in [-0.2, -0.15) is 0 Å². The van der Waals surface area contributed by atoms with Crippen LogP contribution in [0.25, 0.3) is 0 Å². The molecule has 0 spiro atoms. The summed E-state index contributed by atoms with van der Waals surface area (Å²) in [6.07, 6.45) is 7.07. The molecular weight excluding hydrogens is 253 g/mol. The number of hydrogen-bond acceptors (Lipinski definition) is 1. The van der Waals surface area contributed by atoms with Gasteiger partial charge < -0.3 is 4.90 Å². The average molecular weight is 275 g/mol. The topological polar surface area (TPSA) is 20.3 Å². The Hall–Kier alpha value is -1.38. The van der Waals surface area contributed by atoms with Gasteiger partial charge in [0.1, 0.15) is 5.82 Å². The van der Waals surface area contributed by atoms with Crippen LogP contribution in [0.15, 0.2) is 18.2 Å². The molecule has 2 nitrogen and oxygen atoms in total. The van der Waals surface area contributed by atoms with Crippen molar-refractivity contribution in [1.29, 1.82) is 0 Å². The number of piperidine rings is 1. The van der Waals surface area contributed by atoms with Crippen LogP contribution in [0.3, 0.4) is 0 Å². The van der Waals surface area contributed by atoms with E-state index in [9.17, 15) is 9.18 Å². The fourth-order valence-electron chi connectivity index (χ4n) is 3.84. The number of rotatable bonds is 1. The van der Waals surface area contributed by atoms with Crippen LogP contribution in [0.2, 0.25) is 0 Å². The Morgan fingerprint density at radius 2 is 1.95 bits per heavy atom. The summed E-state index contributed by atoms with van der Waals surface area (Å²) in [4.78, 5) is 14.7. The fourth-order valence-corrected chi connectivity index (χ4v) is 3.84. The molecule has 2 atom stereocenters. The minimum Gasteiger partial charge on any atom is -0.335 e. The molecule has 0 aromatic heterocycles. The van der Waals surface area contributed by atoms with Gasteiger partial charge in [0.25, 0.3) is 5.91 Å². The van der Waals surface area contributed by atoms with Gasteiger partial charge in [0.15, 0.2) is 0 Å². The Morgan fingerprint density at radius 3 is 2.80 bits per heavy atom. The molecule has 0 radical (unpaired) electrons. The molecule has 1 aliphatic carbocycles. The molecule has 3 rings (SSSR count). The third kappa shape index (κ3) is 2.34. The summed E-state index contributed by atoms with van der Waals surface area (Å²) in [5.74, 6) is 0.174. The van der Waals surface area contributed by atoms with Gasteiger partial charge in [-0.1, -0.05) is 25.0 Å². The second-order valence-electron chi connectivity index (χ2n) is 6.19. The first-order valence-electron chi connectivity index (χ1n) is 7.74. The number of benzene rings is 1. The van der Waals surface area contributed by atoms with Crippen molar-refractivity contribution in [1.82, 2.24) is 4.90 Å². The molecule has 2 unspecified atom stereocenters. The van der Waals surface area contributed by atoms with Gasteiger partial charge in [-0.15, -0.1) is 0 Å². The van der Waals surface area contributed by atoms with E-state index >= 15 is 0 Å². The van der Waals surface area contributed by atoms with Gasteiger partial charge in [-0.3, -0.25) is 4.79 Å². The maximum absolute atomic E-state index is 14.2. The third-order valence-electron chi connectivity index (χ3n) is 4.93. The highest BCUT2D eigenvalue weighted by molar-refractivity contribution is 5.95. The Balaban J connectivity index is 1.87. The smallest absolute Gasteiger partial charge is 0.257 e. The first-order chi connectivity index (χ1) is 9.68. The fraction of sp³-hybridized carbons (Fsp3) is 0.588. The van der Waals surface area contributed by atoms with Gasteiger partial charge >= 0.3 is 0 Å². The zero-order valence-electron chi connectivity index (χ0n) is 12.1. The van der Waals surface area contributed by atoms with E-state index in [0.29, 0.717) is 17.5 Å². The molecule has 20 heavy (non-hydrogen) atoms. The lowest BCUT2D eigenvalue weighted by Crippen LogP contribution is -2.49. The van der Waals surface area contributed by atoms with Gasteiger partial charge in [0.2, 0.25) is 0 Å². The van der Waals surface area contributed by atoms with E-state index in [2.05, 4.69) is 0 Å². The van der Waals surface area contributed by atoms with Gasteiger partial charge in [-0.25, -0.2) is 4.39 Å². The standard InChI is InChI=1S/C17H22FNO/c1-12-6-4-9-14(16(12)18)17(20)19-11-5-8-13-7-2-3-10-15(13)19/h4,6,9,13,15H,2-3,5,7-8,10-11H2,1H3. The highest BCUT2D eigenvalue weighted by atomic mass is 19.1. The van der Waals surface area contributed by atoms with Crippen LogP contribution in [-0.4, -0.2) is 23.4 Å². The minimum atomic E-state index is -0.351. The molecule has 1 aromatic carbocycles. The van der Waals surface area contributed by atoms with Crippen molar-refractivity contribution in [3.63, 3.8) is 0 Å². The zero-order chi connectivity index (χ0) is 14.1. The molecule has 1 aromatic rings. The number of aryl methyl sites for hydroxylation is 1. The number of fused-ring (bicyclic) bond motifs is 1. The second-order valence-corrected chi connectivity index (χ2v) is 6.19. The molecule has 0 N–H and O–H groups in total. The number of carbonyl (C=O) groups excluding carboxylic acids is 1. The molecule has 1 amide bonds. The summed E-state index contributed by atoms with van der Waals surface area (Å²) in [5.41, 5.74) is 0.796. The third-order valence-corrected chi connectivity index (χ3v) is 4.93. The molecule has 1 saturated heterocycles. The average Bonchev–Trinajstić information content (AvgIpc) is 2.49. The number of amides is 1. The van der Waals surface area contributed by atoms with Crippen molar-refractivity contribution in [2.24, 2.45) is 5.92 Å². The Labute approximate surface area is 120 Å². The summed E-state index contributed by atoms with van der Waals surface area (Å²) < 4.78 is 14.2. The summed E-state index contributed by atoms with van der Waals surface area (Å²) in [7, 11) is 0. The molecule has 2 fully saturated rings. The zero-order valence-corrected chi connectivity index (χ0v) is 12.1. The van der Waals surface area contributed by atoms with E-state index in [4.69, 9.17) is 0 Å². The van der Waals surface area contributed by atoms with Crippen LogP contribution in [0.4, 0.5) is 4.39 Å². The lowest BCUT2D eigenvalue weighted by Gasteiger charge is -2.44. The van der Waals surface area contributed by atoms with Crippen molar-refractivity contribution in [2.75, 3.05) is 6.54 Å². The molecule has 2 aliphatic rings. The number of halogens is 1. The molecular formula is C17H22FNO. The van der Waals surface area contributed by atoms with Crippen LogP contribution in [0.5, 0.6) is 0 Å². The van der Waals surface area contributed by atoms with E-state index < -0.39 is 0 Å². The Kier molecular flexibility index (Phi) is 3.77. The van der Waals surface area contributed by atoms with Crippen LogP contribution in [0, 0.1) is 18.7 Å². The molecule has 108 valence electrons. The van der Waals surface area contributed by atoms with Crippen LogP contribution in [-0.2, 0) is 0 Å². The summed E-state index contributed by atoms with van der Waals surface area (Å²) in [5, 5.41) is 0. The number of hydrogen-bond donors (Lipinski definition) is 0. The van der Waals surface area contributed by atoms with E-state index in [-0.39, 0.29) is 17.3 Å². The van der Waals surface area contributed by atoms with Crippen molar-refractivity contribution in [2.45, 2.75) is 51.5 Å². The Bertz CT molecular complexity index is 512. The van der Waals surface area contributed by atoms with Gasteiger partial charge in [0.05, 0.1) is 5.56 Å². The minimum absolute atomic E-state index is 0.109. The molecule has 3 heteroatoms. The summed E-state index contributed by atoms with van der Waals surface area (Å²) >= 11 is 0. The van der Waals surface area contributed by atoms with Gasteiger partial charge in [0, 0.05) is 12.6 Å². The molecule has 1 aliphatic heterocycles. The lowest BCUT2D eigenvalue weighted by molar-refractivity contribution is 0.0386. The van der Waals surface area contributed by atoms with Crippen molar-refractivity contribution in [3.05, 3.63) is 35.1 Å². The highest BCUT2D eigenvalue weighted by Gasteiger charge is 2.36. The number of carbonyl (C=O) groups is 1. The normalized spacial score (nSPS) is 26.2. The van der Waals surface area contributed by atoms with Crippen LogP contribution < -0.4 is 0 Å². The molecule has 1 saturated carbocycles. The monoisotopic (exact) mass is 275 g/mol. The summed E-state index contributed by atoms with van der Waals surface area (Å²) in [6, 6.07) is 5.45. The predicted molar refractivity (Wildman–Crippen MR) is 77.2 cm³/mol. The quantitative estimate of drug-likeness (QED) is 0.760. The number of nitrogens with zero attached hydrogens (tertiary/aromatic N) is 1. The summed E-state index contributed by atoms with van der Waals surface area (Å²) in [6.45, 7) is 2.50. The maximum atomic E-state index is 14.2. The highest BCUT2D eigenvalue weighted by Crippen LogP contribution is 2.36. The van der Waals surface area contributed by atoms with Crippen molar-refractivity contribution in [3.8, 4) is 0 Å². The SMILES string of the molecule is Cc1cccc(C(=O)N2CCCC3CCCCC32)c1F.